The minimum atomic E-state index is -0.744. The van der Waals surface area contributed by atoms with Gasteiger partial charge in [-0.3, -0.25) is 9.59 Å². The van der Waals surface area contributed by atoms with Crippen molar-refractivity contribution in [2.24, 2.45) is 0 Å². The van der Waals surface area contributed by atoms with Gasteiger partial charge >= 0.3 is 0 Å². The summed E-state index contributed by atoms with van der Waals surface area (Å²) in [6.45, 7) is 4.72. The summed E-state index contributed by atoms with van der Waals surface area (Å²) < 4.78 is 7.12. The smallest absolute Gasteiger partial charge is 0.263 e. The predicted octanol–water partition coefficient (Wildman–Crippen LogP) is 3.31. The van der Waals surface area contributed by atoms with Crippen LogP contribution in [0.1, 0.15) is 24.2 Å². The number of carbonyl (C=O) groups excluding carboxylic acids is 1. The van der Waals surface area contributed by atoms with Crippen LogP contribution < -0.4 is 10.3 Å². The fourth-order valence-corrected chi connectivity index (χ4v) is 2.38. The van der Waals surface area contributed by atoms with Gasteiger partial charge in [0, 0.05) is 12.1 Å². The summed E-state index contributed by atoms with van der Waals surface area (Å²) in [4.78, 5) is 23.6. The van der Waals surface area contributed by atoms with Gasteiger partial charge in [-0.15, -0.1) is 0 Å². The van der Waals surface area contributed by atoms with E-state index in [1.807, 2.05) is 38.1 Å². The van der Waals surface area contributed by atoms with Gasteiger partial charge < -0.3 is 9.30 Å². The van der Waals surface area contributed by atoms with E-state index in [4.69, 9.17) is 16.3 Å². The molecule has 1 aromatic heterocycles. The molecule has 0 radical (unpaired) electrons. The number of ether oxygens (including phenoxy) is 1. The summed E-state index contributed by atoms with van der Waals surface area (Å²) in [5, 5.41) is -0.744. The molecule has 0 fully saturated rings. The molecular weight excluding hydrogens is 290 g/mol. The van der Waals surface area contributed by atoms with Crippen LogP contribution in [0.25, 0.3) is 11.3 Å². The summed E-state index contributed by atoms with van der Waals surface area (Å²) in [5.74, 6) is 0.701. The van der Waals surface area contributed by atoms with Crippen LogP contribution in [0.15, 0.2) is 41.2 Å². The second kappa shape index (κ2) is 6.59. The van der Waals surface area contributed by atoms with E-state index in [1.54, 1.807) is 6.07 Å². The molecule has 1 heterocycles. The Morgan fingerprint density at radius 1 is 1.19 bits per heavy atom. The molecule has 21 heavy (non-hydrogen) atoms. The van der Waals surface area contributed by atoms with Crippen LogP contribution in [-0.4, -0.2) is 16.4 Å². The van der Waals surface area contributed by atoms with Crippen molar-refractivity contribution in [2.75, 3.05) is 6.61 Å². The van der Waals surface area contributed by atoms with Gasteiger partial charge in [-0.05, 0) is 49.7 Å². The molecule has 0 spiro atoms. The maximum absolute atomic E-state index is 12.3. The quantitative estimate of drug-likeness (QED) is 0.796. The monoisotopic (exact) mass is 305 g/mol. The van der Waals surface area contributed by atoms with Crippen molar-refractivity contribution in [1.29, 1.82) is 0 Å². The second-order valence-corrected chi connectivity index (χ2v) is 4.73. The average Bonchev–Trinajstić information content (AvgIpc) is 2.47. The van der Waals surface area contributed by atoms with Crippen molar-refractivity contribution in [3.63, 3.8) is 0 Å². The van der Waals surface area contributed by atoms with Crippen LogP contribution in [0.4, 0.5) is 0 Å². The van der Waals surface area contributed by atoms with Crippen molar-refractivity contribution in [1.82, 2.24) is 4.57 Å². The molecule has 0 aliphatic carbocycles. The van der Waals surface area contributed by atoms with Crippen molar-refractivity contribution in [2.45, 2.75) is 20.4 Å². The molecule has 110 valence electrons. The lowest BCUT2D eigenvalue weighted by molar-refractivity contribution is 0.107. The van der Waals surface area contributed by atoms with Crippen LogP contribution in [0.2, 0.25) is 0 Å². The van der Waals surface area contributed by atoms with Gasteiger partial charge in [0.1, 0.15) is 5.75 Å². The van der Waals surface area contributed by atoms with Crippen LogP contribution >= 0.6 is 11.6 Å². The van der Waals surface area contributed by atoms with Crippen molar-refractivity contribution in [3.05, 3.63) is 52.3 Å². The van der Waals surface area contributed by atoms with E-state index in [0.29, 0.717) is 24.6 Å². The number of rotatable bonds is 5. The standard InChI is InChI=1S/C16H16ClNO3/c1-3-18-13(10-9-12(15(17)19)16(18)20)11-7-5-6-8-14(11)21-4-2/h5-10H,3-4H2,1-2H3. The van der Waals surface area contributed by atoms with E-state index in [9.17, 15) is 9.59 Å². The highest BCUT2D eigenvalue weighted by Crippen LogP contribution is 2.29. The van der Waals surface area contributed by atoms with E-state index in [0.717, 1.165) is 5.56 Å². The largest absolute Gasteiger partial charge is 0.493 e. The van der Waals surface area contributed by atoms with E-state index in [1.165, 1.54) is 10.6 Å². The van der Waals surface area contributed by atoms with Crippen molar-refractivity contribution in [3.8, 4) is 17.0 Å². The number of aromatic nitrogens is 1. The Balaban J connectivity index is 2.68. The van der Waals surface area contributed by atoms with E-state index < -0.39 is 5.24 Å². The zero-order valence-electron chi connectivity index (χ0n) is 11.9. The first-order chi connectivity index (χ1) is 10.1. The Bertz CT molecular complexity index is 722. The topological polar surface area (TPSA) is 48.3 Å². The average molecular weight is 306 g/mol. The van der Waals surface area contributed by atoms with E-state index in [-0.39, 0.29) is 11.1 Å². The van der Waals surface area contributed by atoms with Gasteiger partial charge in [-0.25, -0.2) is 0 Å². The number of benzene rings is 1. The Kier molecular flexibility index (Phi) is 4.81. The number of nitrogens with zero attached hydrogens (tertiary/aromatic N) is 1. The fourth-order valence-electron chi connectivity index (χ4n) is 2.24. The highest BCUT2D eigenvalue weighted by Gasteiger charge is 2.15. The van der Waals surface area contributed by atoms with Crippen LogP contribution in [0, 0.1) is 0 Å². The molecule has 1 aromatic carbocycles. The minimum Gasteiger partial charge on any atom is -0.493 e. The third kappa shape index (κ3) is 3.00. The maximum atomic E-state index is 12.3. The molecule has 2 aromatic rings. The Morgan fingerprint density at radius 3 is 2.52 bits per heavy atom. The summed E-state index contributed by atoms with van der Waals surface area (Å²) >= 11 is 5.44. The predicted molar refractivity (Wildman–Crippen MR) is 83.2 cm³/mol. The lowest BCUT2D eigenvalue weighted by atomic mass is 10.1. The van der Waals surface area contributed by atoms with Crippen LogP contribution in [-0.2, 0) is 6.54 Å². The summed E-state index contributed by atoms with van der Waals surface area (Å²) in [6.07, 6.45) is 0. The molecule has 4 nitrogen and oxygen atoms in total. The third-order valence-electron chi connectivity index (χ3n) is 3.17. The molecular formula is C16H16ClNO3. The van der Waals surface area contributed by atoms with Gasteiger partial charge in [0.15, 0.2) is 0 Å². The zero-order valence-corrected chi connectivity index (χ0v) is 12.7. The number of para-hydroxylation sites is 1. The van der Waals surface area contributed by atoms with Crippen LogP contribution in [0.5, 0.6) is 5.75 Å². The summed E-state index contributed by atoms with van der Waals surface area (Å²) in [6, 6.07) is 10.7. The lowest BCUT2D eigenvalue weighted by Gasteiger charge is -2.15. The van der Waals surface area contributed by atoms with Gasteiger partial charge in [0.2, 0.25) is 0 Å². The van der Waals surface area contributed by atoms with Crippen molar-refractivity contribution >= 4 is 16.8 Å². The lowest BCUT2D eigenvalue weighted by Crippen LogP contribution is -2.25. The second-order valence-electron chi connectivity index (χ2n) is 4.38. The molecule has 0 aliphatic heterocycles. The van der Waals surface area contributed by atoms with Gasteiger partial charge in [-0.2, -0.15) is 0 Å². The number of halogens is 1. The third-order valence-corrected chi connectivity index (χ3v) is 3.37. The maximum Gasteiger partial charge on any atom is 0.263 e. The zero-order chi connectivity index (χ0) is 15.4. The molecule has 5 heteroatoms. The van der Waals surface area contributed by atoms with E-state index in [2.05, 4.69) is 0 Å². The first kappa shape index (κ1) is 15.3. The van der Waals surface area contributed by atoms with Crippen molar-refractivity contribution < 1.29 is 9.53 Å². The summed E-state index contributed by atoms with van der Waals surface area (Å²) in [7, 11) is 0. The Hall–Kier alpha value is -2.07. The molecule has 0 bridgehead atoms. The first-order valence-corrected chi connectivity index (χ1v) is 7.13. The Morgan fingerprint density at radius 2 is 1.90 bits per heavy atom. The number of hydrogen-bond acceptors (Lipinski definition) is 3. The number of pyridine rings is 1. The highest BCUT2D eigenvalue weighted by atomic mass is 35.5. The normalized spacial score (nSPS) is 10.4. The summed E-state index contributed by atoms with van der Waals surface area (Å²) in [5.41, 5.74) is 1.11. The molecule has 0 aliphatic rings. The van der Waals surface area contributed by atoms with Gasteiger partial charge in [0.25, 0.3) is 10.8 Å². The fraction of sp³-hybridized carbons (Fsp3) is 0.250. The van der Waals surface area contributed by atoms with Gasteiger partial charge in [0.05, 0.1) is 17.9 Å². The molecule has 0 N–H and O–H groups in total. The SMILES string of the molecule is CCOc1ccccc1-c1ccc(C(=O)Cl)c(=O)n1CC. The molecule has 0 saturated carbocycles. The number of hydrogen-bond donors (Lipinski definition) is 0. The van der Waals surface area contributed by atoms with E-state index >= 15 is 0 Å². The first-order valence-electron chi connectivity index (χ1n) is 6.76. The molecule has 0 amide bonds. The highest BCUT2D eigenvalue weighted by molar-refractivity contribution is 6.67. The Labute approximate surface area is 127 Å². The number of carbonyl (C=O) groups is 1. The minimum absolute atomic E-state index is 0.0174. The van der Waals surface area contributed by atoms with Crippen LogP contribution in [0.3, 0.4) is 0 Å². The molecule has 0 saturated heterocycles. The molecule has 2 rings (SSSR count). The van der Waals surface area contributed by atoms with Gasteiger partial charge in [-0.1, -0.05) is 12.1 Å². The molecule has 0 unspecified atom stereocenters. The molecule has 0 atom stereocenters.